The Morgan fingerprint density at radius 2 is 1.78 bits per heavy atom. The smallest absolute Gasteiger partial charge is 0.337 e. The van der Waals surface area contributed by atoms with Crippen LogP contribution in [0.3, 0.4) is 0 Å². The molecule has 1 aromatic carbocycles. The third kappa shape index (κ3) is 4.00. The number of carbonyl (C=O) groups excluding carboxylic acids is 2. The number of nitro groups is 1. The number of piperidine rings is 3. The van der Waals surface area contributed by atoms with Crippen LogP contribution in [0.5, 0.6) is 0 Å². The van der Waals surface area contributed by atoms with E-state index in [1.807, 2.05) is 0 Å². The van der Waals surface area contributed by atoms with Crippen LogP contribution in [0.15, 0.2) is 46.8 Å². The summed E-state index contributed by atoms with van der Waals surface area (Å²) < 4.78 is 11.0. The van der Waals surface area contributed by atoms with Crippen LogP contribution in [0.4, 0.5) is 5.69 Å². The summed E-state index contributed by atoms with van der Waals surface area (Å²) in [6, 6.07) is 5.99. The van der Waals surface area contributed by atoms with E-state index in [1.54, 1.807) is 26.0 Å². The lowest BCUT2D eigenvalue weighted by Crippen LogP contribution is -2.52. The molecule has 5 rings (SSSR count). The maximum atomic E-state index is 13.5. The molecule has 0 spiro atoms. The predicted molar refractivity (Wildman–Crippen MR) is 115 cm³/mol. The maximum absolute atomic E-state index is 13.5. The number of rotatable bonds is 5. The topological polar surface area (TPSA) is 111 Å². The van der Waals surface area contributed by atoms with E-state index in [0.29, 0.717) is 29.4 Å². The lowest BCUT2D eigenvalue weighted by molar-refractivity contribution is -0.384. The molecule has 2 atom stereocenters. The average molecular weight is 441 g/mol. The van der Waals surface area contributed by atoms with Gasteiger partial charge in [-0.15, -0.1) is 0 Å². The summed E-state index contributed by atoms with van der Waals surface area (Å²) in [5.41, 5.74) is 1.93. The number of hydrogen-bond donors (Lipinski definition) is 1. The number of ether oxygens (including phenoxy) is 2. The molecule has 0 unspecified atom stereocenters. The summed E-state index contributed by atoms with van der Waals surface area (Å²) >= 11 is 0. The zero-order chi connectivity index (χ0) is 23.0. The minimum absolute atomic E-state index is 0.120. The van der Waals surface area contributed by atoms with Crippen LogP contribution < -0.4 is 5.32 Å². The number of hydrogen-bond acceptors (Lipinski definition) is 8. The number of dihydropyridines is 1. The SMILES string of the molecule is COC(=O)C1=C(C)NC(C)=C(C(=O)O[C@H]2CN3CCC2CC3)[C@H]1c1cccc([N+](=O)[O-])c1. The number of carbonyl (C=O) groups is 2. The Hall–Kier alpha value is -3.20. The highest BCUT2D eigenvalue weighted by Gasteiger charge is 2.41. The van der Waals surface area contributed by atoms with E-state index in [-0.39, 0.29) is 22.9 Å². The quantitative estimate of drug-likeness (QED) is 0.422. The highest BCUT2D eigenvalue weighted by molar-refractivity contribution is 6.00. The largest absolute Gasteiger partial charge is 0.466 e. The van der Waals surface area contributed by atoms with Gasteiger partial charge >= 0.3 is 11.9 Å². The van der Waals surface area contributed by atoms with Crippen LogP contribution in [-0.2, 0) is 19.1 Å². The summed E-state index contributed by atoms with van der Waals surface area (Å²) in [6.07, 6.45) is 1.79. The molecule has 0 aliphatic carbocycles. The van der Waals surface area contributed by atoms with E-state index in [4.69, 9.17) is 9.47 Å². The molecule has 9 nitrogen and oxygen atoms in total. The minimum atomic E-state index is -0.836. The van der Waals surface area contributed by atoms with Gasteiger partial charge in [0.2, 0.25) is 0 Å². The van der Waals surface area contributed by atoms with Gasteiger partial charge in [0.25, 0.3) is 5.69 Å². The normalized spacial score (nSPS) is 27.1. The first kappa shape index (κ1) is 22.0. The Balaban J connectivity index is 1.73. The number of esters is 2. The fourth-order valence-corrected chi connectivity index (χ4v) is 5.04. The highest BCUT2D eigenvalue weighted by Crippen LogP contribution is 2.41. The third-order valence-electron chi connectivity index (χ3n) is 6.65. The monoisotopic (exact) mass is 441 g/mol. The van der Waals surface area contributed by atoms with E-state index in [2.05, 4.69) is 10.2 Å². The molecule has 4 aliphatic heterocycles. The second kappa shape index (κ2) is 8.74. The van der Waals surface area contributed by atoms with E-state index < -0.39 is 22.8 Å². The molecule has 4 heterocycles. The van der Waals surface area contributed by atoms with Crippen molar-refractivity contribution in [2.45, 2.75) is 38.7 Å². The van der Waals surface area contributed by atoms with Crippen molar-refractivity contribution in [3.63, 3.8) is 0 Å². The van der Waals surface area contributed by atoms with Crippen molar-refractivity contribution in [2.24, 2.45) is 5.92 Å². The molecule has 1 aromatic rings. The lowest BCUT2D eigenvalue weighted by Gasteiger charge is -2.44. The molecule has 0 radical (unpaired) electrons. The van der Waals surface area contributed by atoms with Crippen LogP contribution >= 0.6 is 0 Å². The molecule has 9 heteroatoms. The number of non-ortho nitro benzene ring substituents is 1. The van der Waals surface area contributed by atoms with Gasteiger partial charge in [0.05, 0.1) is 29.1 Å². The van der Waals surface area contributed by atoms with Gasteiger partial charge in [-0.3, -0.25) is 15.0 Å². The number of benzene rings is 1. The summed E-state index contributed by atoms with van der Waals surface area (Å²) in [4.78, 5) is 39.3. The van der Waals surface area contributed by atoms with Gasteiger partial charge in [0.15, 0.2) is 0 Å². The Bertz CT molecular complexity index is 1020. The predicted octanol–water partition coefficient (Wildman–Crippen LogP) is 2.64. The standard InChI is InChI=1S/C23H27N3O6/c1-13-19(22(27)31-3)21(16-5-4-6-17(11-16)26(29)30)20(14(2)24-13)23(28)32-18-12-25-9-7-15(18)8-10-25/h4-6,11,15,18,21,24H,7-10,12H2,1-3H3/t18-,21-/m0/s1. The van der Waals surface area contributed by atoms with Gasteiger partial charge in [-0.1, -0.05) is 12.1 Å². The molecule has 4 aliphatic rings. The fourth-order valence-electron chi connectivity index (χ4n) is 5.04. The highest BCUT2D eigenvalue weighted by atomic mass is 16.6. The van der Waals surface area contributed by atoms with Crippen LogP contribution in [0, 0.1) is 16.0 Å². The first-order chi connectivity index (χ1) is 15.3. The van der Waals surface area contributed by atoms with E-state index in [0.717, 1.165) is 25.9 Å². The Labute approximate surface area is 186 Å². The molecule has 0 saturated carbocycles. The third-order valence-corrected chi connectivity index (χ3v) is 6.65. The van der Waals surface area contributed by atoms with Crippen molar-refractivity contribution in [2.75, 3.05) is 26.7 Å². The number of allylic oxidation sites excluding steroid dienone is 2. The van der Waals surface area contributed by atoms with Gasteiger partial charge in [-0.2, -0.15) is 0 Å². The summed E-state index contributed by atoms with van der Waals surface area (Å²) in [6.45, 7) is 6.21. The number of fused-ring (bicyclic) bond motifs is 3. The van der Waals surface area contributed by atoms with Crippen molar-refractivity contribution in [1.82, 2.24) is 10.2 Å². The summed E-state index contributed by atoms with van der Waals surface area (Å²) in [7, 11) is 1.27. The molecule has 0 amide bonds. The van der Waals surface area contributed by atoms with E-state index >= 15 is 0 Å². The van der Waals surface area contributed by atoms with Gasteiger partial charge in [-0.05, 0) is 51.3 Å². The van der Waals surface area contributed by atoms with Crippen molar-refractivity contribution < 1.29 is 24.0 Å². The number of nitrogens with zero attached hydrogens (tertiary/aromatic N) is 2. The number of methoxy groups -OCH3 is 1. The summed E-state index contributed by atoms with van der Waals surface area (Å²) in [5.74, 6) is -1.63. The van der Waals surface area contributed by atoms with Crippen LogP contribution in [0.1, 0.15) is 38.2 Å². The zero-order valence-corrected chi connectivity index (χ0v) is 18.4. The molecule has 170 valence electrons. The van der Waals surface area contributed by atoms with E-state index in [9.17, 15) is 19.7 Å². The second-order valence-corrected chi connectivity index (χ2v) is 8.56. The molecular formula is C23H27N3O6. The number of nitro benzene ring substituents is 1. The van der Waals surface area contributed by atoms with Gasteiger partial charge in [-0.25, -0.2) is 9.59 Å². The number of nitrogens with one attached hydrogen (secondary N) is 1. The maximum Gasteiger partial charge on any atom is 0.337 e. The first-order valence-electron chi connectivity index (χ1n) is 10.7. The van der Waals surface area contributed by atoms with E-state index in [1.165, 1.54) is 19.2 Å². The van der Waals surface area contributed by atoms with Crippen molar-refractivity contribution in [3.8, 4) is 0 Å². The summed E-state index contributed by atoms with van der Waals surface area (Å²) in [5, 5.41) is 14.5. The van der Waals surface area contributed by atoms with Crippen molar-refractivity contribution in [3.05, 3.63) is 62.5 Å². The van der Waals surface area contributed by atoms with Crippen molar-refractivity contribution >= 4 is 17.6 Å². The molecule has 2 bridgehead atoms. The zero-order valence-electron chi connectivity index (χ0n) is 18.4. The van der Waals surface area contributed by atoms with Gasteiger partial charge in [0, 0.05) is 30.1 Å². The second-order valence-electron chi connectivity index (χ2n) is 8.56. The van der Waals surface area contributed by atoms with Crippen LogP contribution in [-0.4, -0.2) is 54.6 Å². The van der Waals surface area contributed by atoms with Gasteiger partial charge in [0.1, 0.15) is 6.10 Å². The van der Waals surface area contributed by atoms with Gasteiger partial charge < -0.3 is 14.8 Å². The Morgan fingerprint density at radius 3 is 2.34 bits per heavy atom. The molecule has 32 heavy (non-hydrogen) atoms. The van der Waals surface area contributed by atoms with Crippen molar-refractivity contribution in [1.29, 1.82) is 0 Å². The average Bonchev–Trinajstić information content (AvgIpc) is 2.78. The van der Waals surface area contributed by atoms with Crippen LogP contribution in [0.2, 0.25) is 0 Å². The molecule has 3 saturated heterocycles. The Kier molecular flexibility index (Phi) is 6.01. The van der Waals surface area contributed by atoms with Crippen LogP contribution in [0.25, 0.3) is 0 Å². The molecule has 0 aromatic heterocycles. The minimum Gasteiger partial charge on any atom is -0.466 e. The molecule has 1 N–H and O–H groups in total. The Morgan fingerprint density at radius 1 is 1.12 bits per heavy atom. The molecule has 3 fully saturated rings. The first-order valence-corrected chi connectivity index (χ1v) is 10.7. The fraction of sp³-hybridized carbons (Fsp3) is 0.478. The molecular weight excluding hydrogens is 414 g/mol. The lowest BCUT2D eigenvalue weighted by atomic mass is 9.80.